The van der Waals surface area contributed by atoms with E-state index in [0.717, 1.165) is 25.1 Å². The van der Waals surface area contributed by atoms with Gasteiger partial charge in [0.15, 0.2) is 0 Å². The summed E-state index contributed by atoms with van der Waals surface area (Å²) in [4.78, 5) is 7.99. The van der Waals surface area contributed by atoms with Gasteiger partial charge in [-0.25, -0.2) is 9.97 Å². The third-order valence-electron chi connectivity index (χ3n) is 2.26. The molecule has 1 aliphatic rings. The molecule has 0 radical (unpaired) electrons. The van der Waals surface area contributed by atoms with Gasteiger partial charge >= 0.3 is 0 Å². The van der Waals surface area contributed by atoms with Crippen molar-refractivity contribution in [2.45, 2.75) is 25.0 Å². The Bertz CT molecular complexity index is 265. The monoisotopic (exact) mass is 179 g/mol. The fourth-order valence-corrected chi connectivity index (χ4v) is 1.58. The molecule has 1 aromatic rings. The molecule has 2 atom stereocenters. The van der Waals surface area contributed by atoms with Crippen LogP contribution in [0.25, 0.3) is 0 Å². The summed E-state index contributed by atoms with van der Waals surface area (Å²) in [6, 6.07) is 1.93. The molecule has 2 N–H and O–H groups in total. The largest absolute Gasteiger partial charge is 0.370 e. The van der Waals surface area contributed by atoms with Gasteiger partial charge < -0.3 is 10.5 Å². The number of hydrogen-bond donors (Lipinski definition) is 1. The number of nitrogens with zero attached hydrogens (tertiary/aromatic N) is 2. The Balaban J connectivity index is 2.15. The van der Waals surface area contributed by atoms with E-state index in [9.17, 15) is 0 Å². The van der Waals surface area contributed by atoms with Crippen molar-refractivity contribution in [3.63, 3.8) is 0 Å². The van der Waals surface area contributed by atoms with Crippen molar-refractivity contribution >= 4 is 0 Å². The molecule has 0 amide bonds. The first kappa shape index (κ1) is 8.59. The molecule has 70 valence electrons. The average molecular weight is 179 g/mol. The van der Waals surface area contributed by atoms with Gasteiger partial charge in [-0.15, -0.1) is 0 Å². The van der Waals surface area contributed by atoms with Crippen molar-refractivity contribution in [2.75, 3.05) is 6.61 Å². The molecule has 0 bridgehead atoms. The predicted octanol–water partition coefficient (Wildman–Crippen LogP) is 0.655. The van der Waals surface area contributed by atoms with E-state index in [0.29, 0.717) is 0 Å². The number of nitrogens with two attached hydrogens (primary N) is 1. The second-order valence-electron chi connectivity index (χ2n) is 3.23. The topological polar surface area (TPSA) is 61.0 Å². The normalized spacial score (nSPS) is 28.7. The Morgan fingerprint density at radius 2 is 2.46 bits per heavy atom. The molecular formula is C9H13N3O. The van der Waals surface area contributed by atoms with E-state index < -0.39 is 0 Å². The Labute approximate surface area is 77.1 Å². The van der Waals surface area contributed by atoms with Crippen LogP contribution in [-0.2, 0) is 4.74 Å². The second kappa shape index (κ2) is 3.81. The van der Waals surface area contributed by atoms with Crippen LogP contribution < -0.4 is 5.73 Å². The van der Waals surface area contributed by atoms with E-state index in [1.54, 1.807) is 6.20 Å². The van der Waals surface area contributed by atoms with Crippen LogP contribution in [0.5, 0.6) is 0 Å². The van der Waals surface area contributed by atoms with Crippen LogP contribution in [-0.4, -0.2) is 22.6 Å². The minimum absolute atomic E-state index is 0.0447. The number of ether oxygens (including phenoxy) is 1. The Kier molecular flexibility index (Phi) is 2.52. The van der Waals surface area contributed by atoms with Gasteiger partial charge in [-0.2, -0.15) is 0 Å². The Morgan fingerprint density at radius 1 is 1.54 bits per heavy atom. The van der Waals surface area contributed by atoms with Gasteiger partial charge in [-0.05, 0) is 18.9 Å². The van der Waals surface area contributed by atoms with Crippen molar-refractivity contribution < 1.29 is 4.74 Å². The van der Waals surface area contributed by atoms with Crippen LogP contribution in [0.15, 0.2) is 18.6 Å². The molecule has 2 rings (SSSR count). The van der Waals surface area contributed by atoms with Crippen LogP contribution in [0.2, 0.25) is 0 Å². The van der Waals surface area contributed by atoms with Crippen molar-refractivity contribution in [3.8, 4) is 0 Å². The third-order valence-corrected chi connectivity index (χ3v) is 2.26. The molecule has 1 saturated heterocycles. The van der Waals surface area contributed by atoms with Crippen molar-refractivity contribution in [1.29, 1.82) is 0 Å². The summed E-state index contributed by atoms with van der Waals surface area (Å²) in [6.07, 6.45) is 5.25. The van der Waals surface area contributed by atoms with Gasteiger partial charge in [0.1, 0.15) is 12.4 Å². The summed E-state index contributed by atoms with van der Waals surface area (Å²) in [6.45, 7) is 0.780. The smallest absolute Gasteiger partial charge is 0.115 e. The van der Waals surface area contributed by atoms with Crippen molar-refractivity contribution in [2.24, 2.45) is 5.73 Å². The molecule has 2 unspecified atom stereocenters. The highest BCUT2D eigenvalue weighted by Crippen LogP contribution is 2.24. The summed E-state index contributed by atoms with van der Waals surface area (Å²) >= 11 is 0. The first-order valence-corrected chi connectivity index (χ1v) is 4.51. The van der Waals surface area contributed by atoms with Gasteiger partial charge in [0.2, 0.25) is 0 Å². The van der Waals surface area contributed by atoms with Gasteiger partial charge in [-0.1, -0.05) is 0 Å². The molecule has 4 heteroatoms. The van der Waals surface area contributed by atoms with E-state index >= 15 is 0 Å². The lowest BCUT2D eigenvalue weighted by Gasteiger charge is -2.28. The van der Waals surface area contributed by atoms with Crippen LogP contribution in [0.3, 0.4) is 0 Å². The second-order valence-corrected chi connectivity index (χ2v) is 3.23. The summed E-state index contributed by atoms with van der Waals surface area (Å²) in [5.74, 6) is 0. The molecule has 13 heavy (non-hydrogen) atoms. The van der Waals surface area contributed by atoms with E-state index in [2.05, 4.69) is 9.97 Å². The average Bonchev–Trinajstić information content (AvgIpc) is 2.20. The summed E-state index contributed by atoms with van der Waals surface area (Å²) in [5, 5.41) is 0. The zero-order valence-corrected chi connectivity index (χ0v) is 7.39. The first-order chi connectivity index (χ1) is 6.38. The maximum absolute atomic E-state index is 5.93. The van der Waals surface area contributed by atoms with Crippen LogP contribution in [0.4, 0.5) is 0 Å². The highest BCUT2D eigenvalue weighted by Gasteiger charge is 2.24. The summed E-state index contributed by atoms with van der Waals surface area (Å²) in [5.41, 5.74) is 6.82. The molecule has 0 saturated carbocycles. The van der Waals surface area contributed by atoms with E-state index in [1.165, 1.54) is 6.33 Å². The fourth-order valence-electron chi connectivity index (χ4n) is 1.58. The third kappa shape index (κ3) is 1.84. The van der Waals surface area contributed by atoms with Crippen LogP contribution >= 0.6 is 0 Å². The summed E-state index contributed by atoms with van der Waals surface area (Å²) < 4.78 is 5.56. The van der Waals surface area contributed by atoms with E-state index in [-0.39, 0.29) is 12.1 Å². The highest BCUT2D eigenvalue weighted by atomic mass is 16.5. The van der Waals surface area contributed by atoms with Gasteiger partial charge in [0.25, 0.3) is 0 Å². The molecule has 0 aromatic carbocycles. The molecule has 1 aromatic heterocycles. The molecule has 2 heterocycles. The molecule has 0 aliphatic carbocycles. The quantitative estimate of drug-likeness (QED) is 0.687. The van der Waals surface area contributed by atoms with Gasteiger partial charge in [0.05, 0.1) is 5.69 Å². The fraction of sp³-hybridized carbons (Fsp3) is 0.556. The molecule has 1 aliphatic heterocycles. The first-order valence-electron chi connectivity index (χ1n) is 4.51. The maximum atomic E-state index is 5.93. The molecular weight excluding hydrogens is 166 g/mol. The van der Waals surface area contributed by atoms with Gasteiger partial charge in [0, 0.05) is 18.8 Å². The summed E-state index contributed by atoms with van der Waals surface area (Å²) in [7, 11) is 0. The minimum Gasteiger partial charge on any atom is -0.370 e. The zero-order chi connectivity index (χ0) is 9.10. The molecule has 4 nitrogen and oxygen atoms in total. The van der Waals surface area contributed by atoms with E-state index in [1.807, 2.05) is 6.07 Å². The Morgan fingerprint density at radius 3 is 3.15 bits per heavy atom. The standard InChI is InChI=1S/C9H13N3O/c10-7-2-1-5-13-9(7)8-3-4-11-6-12-8/h3-4,6-7,9H,1-2,5,10H2. The van der Waals surface area contributed by atoms with Crippen molar-refractivity contribution in [1.82, 2.24) is 9.97 Å². The van der Waals surface area contributed by atoms with Crippen LogP contribution in [0.1, 0.15) is 24.6 Å². The number of rotatable bonds is 1. The highest BCUT2D eigenvalue weighted by molar-refractivity contribution is 5.06. The maximum Gasteiger partial charge on any atom is 0.115 e. The number of hydrogen-bond acceptors (Lipinski definition) is 4. The lowest BCUT2D eigenvalue weighted by molar-refractivity contribution is -0.00251. The lowest BCUT2D eigenvalue weighted by Crippen LogP contribution is -2.34. The molecule has 0 spiro atoms. The zero-order valence-electron chi connectivity index (χ0n) is 7.39. The number of aromatic nitrogens is 2. The SMILES string of the molecule is NC1CCCOC1c1ccncn1. The van der Waals surface area contributed by atoms with Gasteiger partial charge in [-0.3, -0.25) is 0 Å². The lowest BCUT2D eigenvalue weighted by atomic mass is 10.0. The van der Waals surface area contributed by atoms with Crippen LogP contribution in [0, 0.1) is 0 Å². The Hall–Kier alpha value is -1.00. The van der Waals surface area contributed by atoms with E-state index in [4.69, 9.17) is 10.5 Å². The van der Waals surface area contributed by atoms with Crippen molar-refractivity contribution in [3.05, 3.63) is 24.3 Å². The minimum atomic E-state index is -0.0447. The predicted molar refractivity (Wildman–Crippen MR) is 47.9 cm³/mol. The molecule has 1 fully saturated rings.